The molecule has 1 amide bonds. The molecule has 1 aromatic carbocycles. The largest absolute Gasteiger partial charge is 0.462 e. The number of thiazole rings is 1. The quantitative estimate of drug-likeness (QED) is 0.745. The highest BCUT2D eigenvalue weighted by molar-refractivity contribution is 7.13. The van der Waals surface area contributed by atoms with Gasteiger partial charge < -0.3 is 19.5 Å². The lowest BCUT2D eigenvalue weighted by molar-refractivity contribution is 0.102. The van der Waals surface area contributed by atoms with Gasteiger partial charge in [0.05, 0.1) is 6.26 Å². The molecule has 6 nitrogen and oxygen atoms in total. The molecule has 7 heteroatoms. The number of anilines is 2. The highest BCUT2D eigenvalue weighted by atomic mass is 32.1. The summed E-state index contributed by atoms with van der Waals surface area (Å²) in [6.07, 6.45) is 1.60. The lowest BCUT2D eigenvalue weighted by Crippen LogP contribution is -2.44. The number of carbonyl (C=O) groups excluding carboxylic acids is 1. The molecular weight excluding hydrogens is 360 g/mol. The fourth-order valence-electron chi connectivity index (χ4n) is 3.22. The van der Waals surface area contributed by atoms with Crippen LogP contribution in [0.25, 0.3) is 10.8 Å². The van der Waals surface area contributed by atoms with E-state index in [0.29, 0.717) is 16.5 Å². The minimum atomic E-state index is -0.212. The molecule has 4 rings (SSSR count). The molecule has 140 valence electrons. The van der Waals surface area contributed by atoms with Crippen LogP contribution >= 0.6 is 11.3 Å². The third-order valence-electron chi connectivity index (χ3n) is 4.77. The lowest BCUT2D eigenvalue weighted by Gasteiger charge is -2.35. The Morgan fingerprint density at radius 3 is 2.74 bits per heavy atom. The van der Waals surface area contributed by atoms with Gasteiger partial charge in [0.2, 0.25) is 0 Å². The molecule has 0 aliphatic carbocycles. The molecule has 0 atom stereocenters. The molecule has 0 unspecified atom stereocenters. The molecule has 1 N–H and O–H groups in total. The Morgan fingerprint density at radius 2 is 2.04 bits per heavy atom. The van der Waals surface area contributed by atoms with Gasteiger partial charge in [-0.05, 0) is 49.9 Å². The van der Waals surface area contributed by atoms with Crippen LogP contribution in [0.15, 0.2) is 46.4 Å². The van der Waals surface area contributed by atoms with Gasteiger partial charge in [-0.2, -0.15) is 0 Å². The summed E-state index contributed by atoms with van der Waals surface area (Å²) in [5.74, 6) is 0.460. The molecule has 0 saturated carbocycles. The minimum Gasteiger partial charge on any atom is -0.462 e. The first-order valence-corrected chi connectivity index (χ1v) is 9.83. The van der Waals surface area contributed by atoms with Gasteiger partial charge in [0.15, 0.2) is 10.8 Å². The Hall–Kier alpha value is -2.64. The zero-order valence-electron chi connectivity index (χ0n) is 15.4. The van der Waals surface area contributed by atoms with E-state index in [0.717, 1.165) is 37.4 Å². The fraction of sp³-hybridized carbons (Fsp3) is 0.300. The molecule has 1 fully saturated rings. The van der Waals surface area contributed by atoms with Crippen molar-refractivity contribution in [3.05, 3.63) is 53.2 Å². The fourth-order valence-corrected chi connectivity index (χ4v) is 3.99. The summed E-state index contributed by atoms with van der Waals surface area (Å²) in [4.78, 5) is 21.6. The predicted molar refractivity (Wildman–Crippen MR) is 109 cm³/mol. The summed E-state index contributed by atoms with van der Waals surface area (Å²) in [5, 5.41) is 5.39. The van der Waals surface area contributed by atoms with E-state index in [-0.39, 0.29) is 5.91 Å². The van der Waals surface area contributed by atoms with Crippen molar-refractivity contribution in [2.24, 2.45) is 0 Å². The number of nitrogens with zero attached hydrogens (tertiary/aromatic N) is 3. The Balaban J connectivity index is 1.45. The van der Waals surface area contributed by atoms with E-state index in [9.17, 15) is 4.79 Å². The highest BCUT2D eigenvalue weighted by Crippen LogP contribution is 2.26. The van der Waals surface area contributed by atoms with Gasteiger partial charge in [-0.25, -0.2) is 4.98 Å². The Labute approximate surface area is 162 Å². The Morgan fingerprint density at radius 1 is 1.22 bits per heavy atom. The maximum absolute atomic E-state index is 12.5. The number of nitrogens with one attached hydrogen (secondary N) is 1. The van der Waals surface area contributed by atoms with Crippen molar-refractivity contribution in [2.75, 3.05) is 43.4 Å². The summed E-state index contributed by atoms with van der Waals surface area (Å²) in [7, 11) is 2.15. The number of rotatable bonds is 4. The first-order valence-electron chi connectivity index (χ1n) is 8.95. The topological polar surface area (TPSA) is 61.6 Å². The van der Waals surface area contributed by atoms with Crippen molar-refractivity contribution in [1.29, 1.82) is 0 Å². The molecule has 1 saturated heterocycles. The van der Waals surface area contributed by atoms with Crippen LogP contribution in [0, 0.1) is 6.92 Å². The predicted octanol–water partition coefficient (Wildman–Crippen LogP) is 3.72. The van der Waals surface area contributed by atoms with Crippen molar-refractivity contribution in [2.45, 2.75) is 6.92 Å². The lowest BCUT2D eigenvalue weighted by atomic mass is 10.1. The molecule has 1 aliphatic rings. The molecule has 2 aromatic heterocycles. The van der Waals surface area contributed by atoms with E-state index in [1.165, 1.54) is 17.0 Å². The maximum atomic E-state index is 12.5. The zero-order valence-corrected chi connectivity index (χ0v) is 16.3. The number of aromatic nitrogens is 1. The molecule has 3 heterocycles. The van der Waals surface area contributed by atoms with Crippen LogP contribution in [-0.4, -0.2) is 49.0 Å². The SMILES string of the molecule is Cc1cc(NC(=O)c2csc(-c3ccco3)n2)ccc1N1CCN(C)CC1. The first kappa shape index (κ1) is 17.8. The summed E-state index contributed by atoms with van der Waals surface area (Å²) in [5.41, 5.74) is 3.57. The molecule has 0 spiro atoms. The molecular formula is C20H22N4O2S. The third kappa shape index (κ3) is 3.89. The van der Waals surface area contributed by atoms with Gasteiger partial charge in [0.25, 0.3) is 5.91 Å². The van der Waals surface area contributed by atoms with Crippen molar-refractivity contribution < 1.29 is 9.21 Å². The van der Waals surface area contributed by atoms with Crippen LogP contribution in [0.1, 0.15) is 16.1 Å². The number of furan rings is 1. The van der Waals surface area contributed by atoms with Gasteiger partial charge in [0, 0.05) is 42.9 Å². The number of amides is 1. The van der Waals surface area contributed by atoms with Gasteiger partial charge in [-0.1, -0.05) is 0 Å². The Kier molecular flexibility index (Phi) is 4.96. The standard InChI is InChI=1S/C20H22N4O2S/c1-14-12-15(5-6-17(14)24-9-7-23(2)8-10-24)21-19(25)16-13-27-20(22-16)18-4-3-11-26-18/h3-6,11-13H,7-10H2,1-2H3,(H,21,25). The van der Waals surface area contributed by atoms with Gasteiger partial charge in [0.1, 0.15) is 5.69 Å². The molecule has 27 heavy (non-hydrogen) atoms. The first-order chi connectivity index (χ1) is 13.1. The third-order valence-corrected chi connectivity index (χ3v) is 5.62. The Bertz CT molecular complexity index is 927. The molecule has 0 bridgehead atoms. The number of aryl methyl sites for hydroxylation is 1. The van der Waals surface area contributed by atoms with Crippen molar-refractivity contribution in [3.8, 4) is 10.8 Å². The van der Waals surface area contributed by atoms with E-state index >= 15 is 0 Å². The van der Waals surface area contributed by atoms with Crippen LogP contribution < -0.4 is 10.2 Å². The summed E-state index contributed by atoms with van der Waals surface area (Å²) in [6.45, 7) is 6.27. The normalized spacial score (nSPS) is 15.1. The average molecular weight is 382 g/mol. The molecule has 1 aliphatic heterocycles. The number of carbonyl (C=O) groups is 1. The van der Waals surface area contributed by atoms with E-state index < -0.39 is 0 Å². The van der Waals surface area contributed by atoms with Crippen LogP contribution in [-0.2, 0) is 0 Å². The second-order valence-electron chi connectivity index (χ2n) is 6.76. The number of piperazine rings is 1. The van der Waals surface area contributed by atoms with Crippen molar-refractivity contribution in [3.63, 3.8) is 0 Å². The zero-order chi connectivity index (χ0) is 18.8. The average Bonchev–Trinajstić information content (AvgIpc) is 3.34. The number of likely N-dealkylation sites (N-methyl/N-ethyl adjacent to an activating group) is 1. The molecule has 0 radical (unpaired) electrons. The van der Waals surface area contributed by atoms with E-state index in [1.807, 2.05) is 18.2 Å². The summed E-state index contributed by atoms with van der Waals surface area (Å²) >= 11 is 1.39. The van der Waals surface area contributed by atoms with E-state index in [1.54, 1.807) is 17.7 Å². The summed E-state index contributed by atoms with van der Waals surface area (Å²) < 4.78 is 5.33. The van der Waals surface area contributed by atoms with E-state index in [2.05, 4.69) is 40.1 Å². The highest BCUT2D eigenvalue weighted by Gasteiger charge is 2.17. The monoisotopic (exact) mass is 382 g/mol. The maximum Gasteiger partial charge on any atom is 0.275 e. The van der Waals surface area contributed by atoms with Crippen LogP contribution in [0.3, 0.4) is 0 Å². The van der Waals surface area contributed by atoms with Gasteiger partial charge in [-0.3, -0.25) is 4.79 Å². The number of hydrogen-bond donors (Lipinski definition) is 1. The van der Waals surface area contributed by atoms with Gasteiger partial charge >= 0.3 is 0 Å². The van der Waals surface area contributed by atoms with Crippen molar-refractivity contribution in [1.82, 2.24) is 9.88 Å². The van der Waals surface area contributed by atoms with Crippen LogP contribution in [0.2, 0.25) is 0 Å². The number of hydrogen-bond acceptors (Lipinski definition) is 6. The van der Waals surface area contributed by atoms with Crippen molar-refractivity contribution >= 4 is 28.6 Å². The second-order valence-corrected chi connectivity index (χ2v) is 7.62. The van der Waals surface area contributed by atoms with Crippen LogP contribution in [0.4, 0.5) is 11.4 Å². The smallest absolute Gasteiger partial charge is 0.275 e. The second kappa shape index (κ2) is 7.54. The number of benzene rings is 1. The summed E-state index contributed by atoms with van der Waals surface area (Å²) in [6, 6.07) is 9.71. The minimum absolute atomic E-state index is 0.212. The van der Waals surface area contributed by atoms with Crippen LogP contribution in [0.5, 0.6) is 0 Å². The van der Waals surface area contributed by atoms with Gasteiger partial charge in [-0.15, -0.1) is 11.3 Å². The molecule has 3 aromatic rings. The van der Waals surface area contributed by atoms with E-state index in [4.69, 9.17) is 4.42 Å².